The predicted molar refractivity (Wildman–Crippen MR) is 63.4 cm³/mol. The summed E-state index contributed by atoms with van der Waals surface area (Å²) in [5.74, 6) is -2.19. The number of amides is 1. The number of carboxylic acids is 1. The normalized spacial score (nSPS) is 12.2. The molecule has 0 saturated heterocycles. The van der Waals surface area contributed by atoms with Crippen molar-refractivity contribution in [3.63, 3.8) is 0 Å². The first kappa shape index (κ1) is 15.9. The average Bonchev–Trinajstić information content (AvgIpc) is 2.13. The summed E-state index contributed by atoms with van der Waals surface area (Å²) < 4.78 is 22.4. The fourth-order valence-electron chi connectivity index (χ4n) is 1.20. The minimum atomic E-state index is -3.35. The minimum absolute atomic E-state index is 0.0756. The minimum Gasteiger partial charge on any atom is -0.481 e. The van der Waals surface area contributed by atoms with E-state index < -0.39 is 33.0 Å². The Labute approximate surface area is 101 Å². The maximum Gasteiger partial charge on any atom is 0.303 e. The van der Waals surface area contributed by atoms with Crippen molar-refractivity contribution < 1.29 is 23.1 Å². The van der Waals surface area contributed by atoms with Gasteiger partial charge in [0.15, 0.2) is 9.84 Å². The van der Waals surface area contributed by atoms with Crippen LogP contribution < -0.4 is 5.32 Å². The van der Waals surface area contributed by atoms with Crippen LogP contribution >= 0.6 is 0 Å². The van der Waals surface area contributed by atoms with E-state index in [9.17, 15) is 18.0 Å². The van der Waals surface area contributed by atoms with E-state index in [1.807, 2.05) is 0 Å². The summed E-state index contributed by atoms with van der Waals surface area (Å²) in [7, 11) is -3.35. The highest BCUT2D eigenvalue weighted by atomic mass is 32.2. The topological polar surface area (TPSA) is 101 Å². The molecule has 0 saturated carbocycles. The van der Waals surface area contributed by atoms with Crippen molar-refractivity contribution in [2.75, 3.05) is 11.5 Å². The molecule has 0 rings (SSSR count). The monoisotopic (exact) mass is 265 g/mol. The molecule has 0 spiro atoms. The van der Waals surface area contributed by atoms with Crippen LogP contribution in [0, 0.1) is 0 Å². The summed E-state index contributed by atoms with van der Waals surface area (Å²) in [6.45, 7) is 4.79. The van der Waals surface area contributed by atoms with Gasteiger partial charge in [-0.1, -0.05) is 6.92 Å². The molecule has 0 fully saturated rings. The summed E-state index contributed by atoms with van der Waals surface area (Å²) in [6.07, 6.45) is 0.175. The lowest BCUT2D eigenvalue weighted by atomic mass is 9.98. The third-order valence-electron chi connectivity index (χ3n) is 2.23. The number of nitrogens with one attached hydrogen (secondary N) is 1. The third-order valence-corrected chi connectivity index (χ3v) is 3.81. The highest BCUT2D eigenvalue weighted by molar-refractivity contribution is 7.92. The molecular weight excluding hydrogens is 246 g/mol. The highest BCUT2D eigenvalue weighted by Gasteiger charge is 2.23. The fourth-order valence-corrected chi connectivity index (χ4v) is 1.87. The number of aliphatic carboxylic acids is 1. The van der Waals surface area contributed by atoms with Gasteiger partial charge in [-0.05, 0) is 20.3 Å². The predicted octanol–water partition coefficient (Wildman–Crippen LogP) is 0.181. The Morgan fingerprint density at radius 3 is 2.24 bits per heavy atom. The number of hydrogen-bond acceptors (Lipinski definition) is 4. The van der Waals surface area contributed by atoms with Crippen LogP contribution in [0.4, 0.5) is 0 Å². The number of carbonyl (C=O) groups is 2. The molecule has 0 atom stereocenters. The molecule has 0 unspecified atom stereocenters. The summed E-state index contributed by atoms with van der Waals surface area (Å²) in [4.78, 5) is 21.8. The number of hydrogen-bond donors (Lipinski definition) is 2. The molecule has 0 aromatic carbocycles. The molecule has 7 heteroatoms. The number of carbonyl (C=O) groups excluding carboxylic acids is 1. The molecule has 0 aliphatic heterocycles. The van der Waals surface area contributed by atoms with Gasteiger partial charge in [0, 0.05) is 17.7 Å². The van der Waals surface area contributed by atoms with Gasteiger partial charge >= 0.3 is 5.97 Å². The summed E-state index contributed by atoms with van der Waals surface area (Å²) in [5, 5.41) is 11.0. The van der Waals surface area contributed by atoms with Crippen LogP contribution in [0.15, 0.2) is 0 Å². The Morgan fingerprint density at radius 1 is 1.29 bits per heavy atom. The van der Waals surface area contributed by atoms with Gasteiger partial charge in [-0.3, -0.25) is 9.59 Å². The molecule has 17 heavy (non-hydrogen) atoms. The van der Waals surface area contributed by atoms with E-state index in [2.05, 4.69) is 5.32 Å². The second-order valence-corrected chi connectivity index (χ2v) is 6.86. The molecule has 1 amide bonds. The standard InChI is InChI=1S/C10H19NO5S/c1-4-17(15,16)7-8(12)11-10(2,3)6-5-9(13)14/h4-7H2,1-3H3,(H,11,12)(H,13,14). The van der Waals surface area contributed by atoms with Gasteiger partial charge < -0.3 is 10.4 Å². The van der Waals surface area contributed by atoms with E-state index in [-0.39, 0.29) is 18.6 Å². The molecule has 0 bridgehead atoms. The molecule has 0 aliphatic carbocycles. The zero-order valence-electron chi connectivity index (χ0n) is 10.3. The lowest BCUT2D eigenvalue weighted by Gasteiger charge is -2.25. The molecule has 2 N–H and O–H groups in total. The van der Waals surface area contributed by atoms with Crippen molar-refractivity contribution in [3.8, 4) is 0 Å². The van der Waals surface area contributed by atoms with E-state index in [1.54, 1.807) is 13.8 Å². The Hall–Kier alpha value is -1.11. The summed E-state index contributed by atoms with van der Waals surface area (Å²) in [6, 6.07) is 0. The van der Waals surface area contributed by atoms with Crippen molar-refractivity contribution >= 4 is 21.7 Å². The van der Waals surface area contributed by atoms with Crippen LogP contribution in [-0.2, 0) is 19.4 Å². The first-order valence-corrected chi connectivity index (χ1v) is 7.13. The van der Waals surface area contributed by atoms with Crippen molar-refractivity contribution in [2.45, 2.75) is 39.2 Å². The van der Waals surface area contributed by atoms with Crippen molar-refractivity contribution in [3.05, 3.63) is 0 Å². The van der Waals surface area contributed by atoms with Gasteiger partial charge in [0.2, 0.25) is 5.91 Å². The van der Waals surface area contributed by atoms with Gasteiger partial charge in [0.05, 0.1) is 0 Å². The first-order chi connectivity index (χ1) is 7.58. The second-order valence-electron chi connectivity index (χ2n) is 4.50. The number of rotatable bonds is 7. The Morgan fingerprint density at radius 2 is 1.82 bits per heavy atom. The summed E-state index contributed by atoms with van der Waals surface area (Å²) >= 11 is 0. The molecular formula is C10H19NO5S. The van der Waals surface area contributed by atoms with E-state index in [0.29, 0.717) is 0 Å². The van der Waals surface area contributed by atoms with Gasteiger partial charge in [0.1, 0.15) is 5.75 Å². The Bertz CT molecular complexity index is 386. The van der Waals surface area contributed by atoms with Gasteiger partial charge in [-0.15, -0.1) is 0 Å². The molecule has 6 nitrogen and oxygen atoms in total. The maximum atomic E-state index is 11.4. The summed E-state index contributed by atoms with van der Waals surface area (Å²) in [5.41, 5.74) is -0.723. The molecule has 0 heterocycles. The zero-order chi connectivity index (χ0) is 13.7. The van der Waals surface area contributed by atoms with Crippen LogP contribution in [0.1, 0.15) is 33.6 Å². The van der Waals surface area contributed by atoms with Crippen LogP contribution in [-0.4, -0.2) is 42.4 Å². The average molecular weight is 265 g/mol. The van der Waals surface area contributed by atoms with Gasteiger partial charge in [0.25, 0.3) is 0 Å². The quantitative estimate of drug-likeness (QED) is 0.684. The first-order valence-electron chi connectivity index (χ1n) is 5.31. The largest absolute Gasteiger partial charge is 0.481 e. The molecule has 0 aromatic rings. The van der Waals surface area contributed by atoms with Crippen LogP contribution in [0.3, 0.4) is 0 Å². The van der Waals surface area contributed by atoms with E-state index in [0.717, 1.165) is 0 Å². The lowest BCUT2D eigenvalue weighted by Crippen LogP contribution is -2.46. The van der Waals surface area contributed by atoms with Crippen molar-refractivity contribution in [1.82, 2.24) is 5.32 Å². The van der Waals surface area contributed by atoms with E-state index >= 15 is 0 Å². The van der Waals surface area contributed by atoms with Crippen LogP contribution in [0.5, 0.6) is 0 Å². The van der Waals surface area contributed by atoms with Crippen LogP contribution in [0.2, 0.25) is 0 Å². The highest BCUT2D eigenvalue weighted by Crippen LogP contribution is 2.11. The SMILES string of the molecule is CCS(=O)(=O)CC(=O)NC(C)(C)CCC(=O)O. The molecule has 100 valence electrons. The molecule has 0 aromatic heterocycles. The fraction of sp³-hybridized carbons (Fsp3) is 0.800. The smallest absolute Gasteiger partial charge is 0.303 e. The second kappa shape index (κ2) is 6.00. The molecule has 0 radical (unpaired) electrons. The third kappa shape index (κ3) is 7.73. The zero-order valence-corrected chi connectivity index (χ0v) is 11.1. The molecule has 0 aliphatic rings. The maximum absolute atomic E-state index is 11.4. The Kier molecular flexibility index (Phi) is 5.60. The van der Waals surface area contributed by atoms with Gasteiger partial charge in [-0.2, -0.15) is 0 Å². The van der Waals surface area contributed by atoms with E-state index in [1.165, 1.54) is 6.92 Å². The van der Waals surface area contributed by atoms with Crippen LogP contribution in [0.25, 0.3) is 0 Å². The van der Waals surface area contributed by atoms with Gasteiger partial charge in [-0.25, -0.2) is 8.42 Å². The number of carboxylic acid groups (broad SMARTS) is 1. The van der Waals surface area contributed by atoms with Crippen molar-refractivity contribution in [1.29, 1.82) is 0 Å². The Balaban J connectivity index is 4.32. The van der Waals surface area contributed by atoms with E-state index in [4.69, 9.17) is 5.11 Å². The van der Waals surface area contributed by atoms with Crippen molar-refractivity contribution in [2.24, 2.45) is 0 Å². The lowest BCUT2D eigenvalue weighted by molar-refractivity contribution is -0.137. The number of sulfone groups is 1.